The number of aliphatic hydroxyl groups is 2. The Hall–Kier alpha value is -1.92. The number of carbonyl (C=O) groups excluding carboxylic acids is 1. The lowest BCUT2D eigenvalue weighted by molar-refractivity contribution is -0.167. The maximum absolute atomic E-state index is 11.7. The number of benzene rings is 1. The zero-order valence-electron chi connectivity index (χ0n) is 10.1. The molecule has 0 unspecified atom stereocenters. The highest BCUT2D eigenvalue weighted by Gasteiger charge is 2.48. The van der Waals surface area contributed by atoms with E-state index in [1.165, 1.54) is 7.11 Å². The van der Waals surface area contributed by atoms with Crippen molar-refractivity contribution in [3.8, 4) is 5.75 Å². The fourth-order valence-corrected chi connectivity index (χ4v) is 1.74. The number of ether oxygens (including phenoxy) is 1. The molecule has 0 atom stereocenters. The number of methoxy groups -OCH3 is 1. The fourth-order valence-electron chi connectivity index (χ4n) is 1.74. The highest BCUT2D eigenvalue weighted by atomic mass is 16.5. The maximum atomic E-state index is 11.7. The number of hydrazone groups is 1. The second-order valence-electron chi connectivity index (χ2n) is 3.87. The predicted molar refractivity (Wildman–Crippen MR) is 64.1 cm³/mol. The third-order valence-corrected chi connectivity index (χ3v) is 2.75. The van der Waals surface area contributed by atoms with Crippen molar-refractivity contribution in [1.29, 1.82) is 0 Å². The highest BCUT2D eigenvalue weighted by Crippen LogP contribution is 2.24. The topological polar surface area (TPSA) is 82.4 Å². The van der Waals surface area contributed by atoms with E-state index in [-0.39, 0.29) is 12.3 Å². The van der Waals surface area contributed by atoms with Gasteiger partial charge >= 0.3 is 5.91 Å². The van der Waals surface area contributed by atoms with Crippen LogP contribution >= 0.6 is 0 Å². The molecule has 0 aromatic heterocycles. The molecular formula is C12H14N2O4. The summed E-state index contributed by atoms with van der Waals surface area (Å²) < 4.78 is 5.00. The van der Waals surface area contributed by atoms with Gasteiger partial charge in [-0.3, -0.25) is 4.79 Å². The van der Waals surface area contributed by atoms with Gasteiger partial charge in [-0.05, 0) is 31.2 Å². The number of amides is 1. The van der Waals surface area contributed by atoms with Crippen molar-refractivity contribution in [1.82, 2.24) is 5.01 Å². The monoisotopic (exact) mass is 250 g/mol. The van der Waals surface area contributed by atoms with Crippen LogP contribution in [-0.4, -0.2) is 46.3 Å². The van der Waals surface area contributed by atoms with Crippen LogP contribution in [0.5, 0.6) is 5.75 Å². The van der Waals surface area contributed by atoms with Crippen molar-refractivity contribution in [2.75, 3.05) is 13.7 Å². The van der Waals surface area contributed by atoms with Gasteiger partial charge in [0.05, 0.1) is 7.11 Å². The van der Waals surface area contributed by atoms with E-state index >= 15 is 0 Å². The summed E-state index contributed by atoms with van der Waals surface area (Å²) in [5.41, 5.74) is 0.391. The Morgan fingerprint density at radius 1 is 1.33 bits per heavy atom. The molecule has 6 nitrogen and oxygen atoms in total. The molecule has 18 heavy (non-hydrogen) atoms. The number of nitrogens with zero attached hydrogens (tertiary/aromatic N) is 2. The fraction of sp³-hybridized carbons (Fsp3) is 0.333. The van der Waals surface area contributed by atoms with E-state index in [0.717, 1.165) is 5.01 Å². The molecule has 1 aliphatic rings. The zero-order valence-corrected chi connectivity index (χ0v) is 10.1. The molecule has 2 N–H and O–H groups in total. The molecular weight excluding hydrogens is 236 g/mol. The average Bonchev–Trinajstić information content (AvgIpc) is 2.61. The van der Waals surface area contributed by atoms with Gasteiger partial charge in [-0.2, -0.15) is 5.10 Å². The van der Waals surface area contributed by atoms with E-state index < -0.39 is 11.7 Å². The minimum atomic E-state index is -2.56. The van der Waals surface area contributed by atoms with Gasteiger partial charge in [0.25, 0.3) is 5.79 Å². The van der Waals surface area contributed by atoms with Crippen LogP contribution in [0.25, 0.3) is 0 Å². The molecule has 6 heteroatoms. The Balaban J connectivity index is 2.39. The van der Waals surface area contributed by atoms with Crippen LogP contribution in [0.3, 0.4) is 0 Å². The van der Waals surface area contributed by atoms with Crippen molar-refractivity contribution in [3.05, 3.63) is 29.8 Å². The van der Waals surface area contributed by atoms with Gasteiger partial charge in [-0.25, -0.2) is 5.01 Å². The van der Waals surface area contributed by atoms with E-state index in [1.807, 2.05) is 0 Å². The number of likely N-dealkylation sites (N-methyl/N-ethyl adjacent to an activating group) is 1. The summed E-state index contributed by atoms with van der Waals surface area (Å²) >= 11 is 0. The second kappa shape index (κ2) is 4.40. The number of carbonyl (C=O) groups is 1. The third-order valence-electron chi connectivity index (χ3n) is 2.75. The largest absolute Gasteiger partial charge is 0.497 e. The third kappa shape index (κ3) is 1.85. The molecule has 1 aromatic rings. The van der Waals surface area contributed by atoms with E-state index in [2.05, 4.69) is 5.10 Å². The van der Waals surface area contributed by atoms with Gasteiger partial charge in [0, 0.05) is 12.1 Å². The smallest absolute Gasteiger partial charge is 0.309 e. The first kappa shape index (κ1) is 12.5. The van der Waals surface area contributed by atoms with Crippen molar-refractivity contribution in [3.63, 3.8) is 0 Å². The van der Waals surface area contributed by atoms with Gasteiger partial charge in [-0.15, -0.1) is 0 Å². The normalized spacial score (nSPS) is 17.9. The summed E-state index contributed by atoms with van der Waals surface area (Å²) in [6, 6.07) is 6.55. The molecule has 0 saturated heterocycles. The Bertz CT molecular complexity index is 493. The molecule has 96 valence electrons. The molecule has 0 spiro atoms. The van der Waals surface area contributed by atoms with E-state index in [0.29, 0.717) is 11.3 Å². The Labute approximate surface area is 104 Å². The standard InChI is InChI=1S/C12H14N2O4/c1-3-14-11(15)12(16,17)10(13-14)8-4-6-9(18-2)7-5-8/h4-7,16-17H,3H2,1-2H3. The Morgan fingerprint density at radius 3 is 2.39 bits per heavy atom. The van der Waals surface area contributed by atoms with Crippen molar-refractivity contribution < 1.29 is 19.7 Å². The lowest BCUT2D eigenvalue weighted by atomic mass is 10.0. The number of hydrogen-bond acceptors (Lipinski definition) is 5. The Kier molecular flexibility index (Phi) is 3.06. The molecule has 0 aliphatic carbocycles. The van der Waals surface area contributed by atoms with Gasteiger partial charge < -0.3 is 14.9 Å². The maximum Gasteiger partial charge on any atom is 0.309 e. The van der Waals surface area contributed by atoms with Gasteiger partial charge in [0.15, 0.2) is 0 Å². The summed E-state index contributed by atoms with van der Waals surface area (Å²) in [7, 11) is 1.53. The van der Waals surface area contributed by atoms with Crippen LogP contribution in [0.1, 0.15) is 12.5 Å². The van der Waals surface area contributed by atoms with E-state index in [4.69, 9.17) is 4.74 Å². The van der Waals surface area contributed by atoms with Crippen molar-refractivity contribution in [2.24, 2.45) is 5.10 Å². The quantitative estimate of drug-likeness (QED) is 0.736. The van der Waals surface area contributed by atoms with Crippen LogP contribution in [0.15, 0.2) is 29.4 Å². The summed E-state index contributed by atoms with van der Waals surface area (Å²) in [6.45, 7) is 1.98. The molecule has 1 amide bonds. The minimum Gasteiger partial charge on any atom is -0.497 e. The lowest BCUT2D eigenvalue weighted by Crippen LogP contribution is -2.46. The van der Waals surface area contributed by atoms with Crippen LogP contribution in [0.4, 0.5) is 0 Å². The summed E-state index contributed by atoms with van der Waals surface area (Å²) in [4.78, 5) is 11.7. The van der Waals surface area contributed by atoms with Gasteiger partial charge in [-0.1, -0.05) is 0 Å². The van der Waals surface area contributed by atoms with Gasteiger partial charge in [0.1, 0.15) is 11.5 Å². The van der Waals surface area contributed by atoms with Crippen LogP contribution in [0.2, 0.25) is 0 Å². The molecule has 0 radical (unpaired) electrons. The molecule has 0 saturated carbocycles. The number of rotatable bonds is 3. The zero-order chi connectivity index (χ0) is 13.3. The minimum absolute atomic E-state index is 0.0722. The molecule has 1 aliphatic heterocycles. The van der Waals surface area contributed by atoms with Crippen LogP contribution in [0, 0.1) is 0 Å². The lowest BCUT2D eigenvalue weighted by Gasteiger charge is -2.16. The Morgan fingerprint density at radius 2 is 1.94 bits per heavy atom. The van der Waals surface area contributed by atoms with Crippen LogP contribution in [-0.2, 0) is 4.79 Å². The first-order chi connectivity index (χ1) is 8.50. The molecule has 2 rings (SSSR count). The van der Waals surface area contributed by atoms with Gasteiger partial charge in [0.2, 0.25) is 0 Å². The first-order valence-electron chi connectivity index (χ1n) is 5.51. The molecule has 1 aromatic carbocycles. The molecule has 0 bridgehead atoms. The molecule has 0 fully saturated rings. The summed E-state index contributed by atoms with van der Waals surface area (Å²) in [5.74, 6) is -2.77. The van der Waals surface area contributed by atoms with Crippen molar-refractivity contribution >= 4 is 11.6 Å². The SMILES string of the molecule is CCN1N=C(c2ccc(OC)cc2)C(O)(O)C1=O. The van der Waals surface area contributed by atoms with Crippen LogP contribution < -0.4 is 4.74 Å². The number of hydrogen-bond donors (Lipinski definition) is 2. The predicted octanol–water partition coefficient (Wildman–Crippen LogP) is -0.0577. The van der Waals surface area contributed by atoms with E-state index in [9.17, 15) is 15.0 Å². The molecule has 1 heterocycles. The summed E-state index contributed by atoms with van der Waals surface area (Å²) in [6.07, 6.45) is 0. The second-order valence-corrected chi connectivity index (χ2v) is 3.87. The van der Waals surface area contributed by atoms with E-state index in [1.54, 1.807) is 31.2 Å². The first-order valence-corrected chi connectivity index (χ1v) is 5.51. The summed E-state index contributed by atoms with van der Waals surface area (Å²) in [5, 5.41) is 24.6. The van der Waals surface area contributed by atoms with Crippen molar-refractivity contribution in [2.45, 2.75) is 12.7 Å². The highest BCUT2D eigenvalue weighted by molar-refractivity contribution is 6.20. The average molecular weight is 250 g/mol.